The normalized spacial score (nSPS) is 10.8. The van der Waals surface area contributed by atoms with Crippen molar-refractivity contribution in [2.45, 2.75) is 6.92 Å². The molecule has 0 aliphatic rings. The second-order valence-corrected chi connectivity index (χ2v) is 4.17. The van der Waals surface area contributed by atoms with Gasteiger partial charge < -0.3 is 15.6 Å². The van der Waals surface area contributed by atoms with E-state index in [-0.39, 0.29) is 17.1 Å². The minimum absolute atomic E-state index is 0.0356. The van der Waals surface area contributed by atoms with Crippen LogP contribution in [0.5, 0.6) is 11.5 Å². The Balaban J connectivity index is 3.27. The van der Waals surface area contributed by atoms with E-state index in [0.29, 0.717) is 16.6 Å². The summed E-state index contributed by atoms with van der Waals surface area (Å²) in [6.07, 6.45) is 1.33. The van der Waals surface area contributed by atoms with Crippen LogP contribution in [0.1, 0.15) is 12.5 Å². The lowest BCUT2D eigenvalue weighted by molar-refractivity contribution is -0.114. The summed E-state index contributed by atoms with van der Waals surface area (Å²) in [6, 6.07) is 4.77. The molecule has 0 radical (unpaired) electrons. The topological polar surface area (TPSA) is 96.3 Å². The predicted octanol–water partition coefficient (Wildman–Crippen LogP) is 1.95. The number of hydrogen-bond donors (Lipinski definition) is 2. The van der Waals surface area contributed by atoms with Crippen LogP contribution in [0, 0.1) is 11.3 Å². The molecule has 94 valence electrons. The molecule has 0 saturated carbocycles. The van der Waals surface area contributed by atoms with Gasteiger partial charge in [0.25, 0.3) is 5.91 Å². The number of phenolic OH excluding ortho intramolecular Hbond substituents is 1. The van der Waals surface area contributed by atoms with Crippen molar-refractivity contribution in [2.24, 2.45) is 5.73 Å². The van der Waals surface area contributed by atoms with E-state index in [1.54, 1.807) is 19.1 Å². The fraction of sp³-hybridized carbons (Fsp3) is 0.167. The highest BCUT2D eigenvalue weighted by molar-refractivity contribution is 9.10. The number of phenols is 1. The van der Waals surface area contributed by atoms with E-state index in [4.69, 9.17) is 15.7 Å². The summed E-state index contributed by atoms with van der Waals surface area (Å²) < 4.78 is 5.63. The van der Waals surface area contributed by atoms with Gasteiger partial charge in [0.2, 0.25) is 0 Å². The molecule has 1 aromatic rings. The molecule has 0 aliphatic heterocycles. The SMILES string of the molecule is CCOc1cc(/C=C(/C#N)C(N)=O)cc(Br)c1O. The highest BCUT2D eigenvalue weighted by Crippen LogP contribution is 2.36. The van der Waals surface area contributed by atoms with Crippen molar-refractivity contribution in [1.29, 1.82) is 5.26 Å². The van der Waals surface area contributed by atoms with Gasteiger partial charge in [0.05, 0.1) is 11.1 Å². The van der Waals surface area contributed by atoms with Crippen molar-refractivity contribution in [2.75, 3.05) is 6.61 Å². The number of hydrogen-bond acceptors (Lipinski definition) is 4. The second kappa shape index (κ2) is 6.07. The first-order valence-electron chi connectivity index (χ1n) is 5.06. The van der Waals surface area contributed by atoms with Crippen molar-refractivity contribution in [3.05, 3.63) is 27.7 Å². The summed E-state index contributed by atoms with van der Waals surface area (Å²) in [7, 11) is 0. The Morgan fingerprint density at radius 2 is 2.33 bits per heavy atom. The zero-order chi connectivity index (χ0) is 13.7. The van der Waals surface area contributed by atoms with E-state index in [9.17, 15) is 9.90 Å². The molecule has 0 bridgehead atoms. The molecule has 1 rings (SSSR count). The second-order valence-electron chi connectivity index (χ2n) is 3.32. The van der Waals surface area contributed by atoms with Gasteiger partial charge in [-0.2, -0.15) is 5.26 Å². The Morgan fingerprint density at radius 3 is 2.83 bits per heavy atom. The van der Waals surface area contributed by atoms with E-state index in [0.717, 1.165) is 0 Å². The predicted molar refractivity (Wildman–Crippen MR) is 69.8 cm³/mol. The summed E-state index contributed by atoms with van der Waals surface area (Å²) in [5.74, 6) is -0.578. The zero-order valence-electron chi connectivity index (χ0n) is 9.61. The van der Waals surface area contributed by atoms with Gasteiger partial charge in [0, 0.05) is 0 Å². The van der Waals surface area contributed by atoms with Gasteiger partial charge >= 0.3 is 0 Å². The summed E-state index contributed by atoms with van der Waals surface area (Å²) in [5.41, 5.74) is 5.39. The van der Waals surface area contributed by atoms with Crippen LogP contribution < -0.4 is 10.5 Å². The van der Waals surface area contributed by atoms with Crippen LogP contribution in [0.2, 0.25) is 0 Å². The fourth-order valence-corrected chi connectivity index (χ4v) is 1.73. The molecule has 0 saturated heterocycles. The zero-order valence-corrected chi connectivity index (χ0v) is 11.2. The average Bonchev–Trinajstić information content (AvgIpc) is 2.32. The molecule has 0 fully saturated rings. The van der Waals surface area contributed by atoms with Crippen molar-refractivity contribution in [3.63, 3.8) is 0 Å². The minimum atomic E-state index is -0.806. The van der Waals surface area contributed by atoms with Gasteiger partial charge in [-0.1, -0.05) is 0 Å². The van der Waals surface area contributed by atoms with E-state index < -0.39 is 5.91 Å². The van der Waals surface area contributed by atoms with E-state index >= 15 is 0 Å². The largest absolute Gasteiger partial charge is 0.503 e. The lowest BCUT2D eigenvalue weighted by atomic mass is 10.1. The molecular weight excluding hydrogens is 300 g/mol. The summed E-state index contributed by atoms with van der Waals surface area (Å²) in [4.78, 5) is 10.9. The summed E-state index contributed by atoms with van der Waals surface area (Å²) >= 11 is 3.16. The molecule has 0 heterocycles. The summed E-state index contributed by atoms with van der Waals surface area (Å²) in [6.45, 7) is 2.16. The molecule has 0 aliphatic carbocycles. The monoisotopic (exact) mass is 310 g/mol. The number of nitrogens with zero attached hydrogens (tertiary/aromatic N) is 1. The molecule has 1 aromatic carbocycles. The molecular formula is C12H11BrN2O3. The van der Waals surface area contributed by atoms with Crippen molar-refractivity contribution >= 4 is 27.9 Å². The number of nitrogens with two attached hydrogens (primary N) is 1. The van der Waals surface area contributed by atoms with Crippen molar-refractivity contribution in [3.8, 4) is 17.6 Å². The number of ether oxygens (including phenoxy) is 1. The maximum atomic E-state index is 10.9. The third-order valence-corrected chi connectivity index (χ3v) is 2.65. The molecule has 0 atom stereocenters. The Hall–Kier alpha value is -2.00. The highest BCUT2D eigenvalue weighted by atomic mass is 79.9. The Kier molecular flexibility index (Phi) is 4.75. The molecule has 0 aromatic heterocycles. The first-order valence-corrected chi connectivity index (χ1v) is 5.85. The third kappa shape index (κ3) is 3.25. The number of primary amides is 1. The van der Waals surface area contributed by atoms with Crippen molar-refractivity contribution < 1.29 is 14.6 Å². The number of rotatable bonds is 4. The van der Waals surface area contributed by atoms with E-state index in [2.05, 4.69) is 15.9 Å². The van der Waals surface area contributed by atoms with Gasteiger partial charge in [0.1, 0.15) is 11.6 Å². The van der Waals surface area contributed by atoms with Crippen LogP contribution in [-0.4, -0.2) is 17.6 Å². The minimum Gasteiger partial charge on any atom is -0.503 e. The van der Waals surface area contributed by atoms with Crippen LogP contribution in [0.3, 0.4) is 0 Å². The number of nitriles is 1. The first kappa shape index (κ1) is 14.1. The molecule has 18 heavy (non-hydrogen) atoms. The third-order valence-electron chi connectivity index (χ3n) is 2.05. The number of benzene rings is 1. The van der Waals surface area contributed by atoms with Crippen LogP contribution in [0.15, 0.2) is 22.2 Å². The molecule has 0 spiro atoms. The van der Waals surface area contributed by atoms with Crippen LogP contribution in [0.4, 0.5) is 0 Å². The maximum absolute atomic E-state index is 10.9. The van der Waals surface area contributed by atoms with Gasteiger partial charge in [-0.05, 0) is 46.6 Å². The smallest absolute Gasteiger partial charge is 0.259 e. The Labute approximate surface area is 113 Å². The van der Waals surface area contributed by atoms with Crippen LogP contribution in [-0.2, 0) is 4.79 Å². The molecule has 5 nitrogen and oxygen atoms in total. The number of carbonyl (C=O) groups is 1. The summed E-state index contributed by atoms with van der Waals surface area (Å²) in [5, 5.41) is 18.4. The van der Waals surface area contributed by atoms with Gasteiger partial charge in [0.15, 0.2) is 11.5 Å². The van der Waals surface area contributed by atoms with Gasteiger partial charge in [-0.25, -0.2) is 0 Å². The number of halogens is 1. The standard InChI is InChI=1S/C12H11BrN2O3/c1-2-18-10-5-7(4-9(13)11(10)16)3-8(6-14)12(15)17/h3-5,16H,2H2,1H3,(H2,15,17)/b8-3-. The maximum Gasteiger partial charge on any atom is 0.259 e. The van der Waals surface area contributed by atoms with E-state index in [1.165, 1.54) is 12.1 Å². The molecule has 3 N–H and O–H groups in total. The Morgan fingerprint density at radius 1 is 1.67 bits per heavy atom. The first-order chi connectivity index (χ1) is 8.49. The van der Waals surface area contributed by atoms with Crippen LogP contribution >= 0.6 is 15.9 Å². The van der Waals surface area contributed by atoms with Gasteiger partial charge in [-0.15, -0.1) is 0 Å². The average molecular weight is 311 g/mol. The molecule has 6 heteroatoms. The number of carbonyl (C=O) groups excluding carboxylic acids is 1. The van der Waals surface area contributed by atoms with Gasteiger partial charge in [-0.3, -0.25) is 4.79 Å². The lowest BCUT2D eigenvalue weighted by Gasteiger charge is -2.08. The number of aromatic hydroxyl groups is 1. The lowest BCUT2D eigenvalue weighted by Crippen LogP contribution is -2.12. The number of amides is 1. The molecule has 0 unspecified atom stereocenters. The highest BCUT2D eigenvalue weighted by Gasteiger charge is 2.10. The van der Waals surface area contributed by atoms with Crippen LogP contribution in [0.25, 0.3) is 6.08 Å². The quantitative estimate of drug-likeness (QED) is 0.656. The Bertz CT molecular complexity index is 547. The van der Waals surface area contributed by atoms with E-state index in [1.807, 2.05) is 0 Å². The van der Waals surface area contributed by atoms with Crippen molar-refractivity contribution in [1.82, 2.24) is 0 Å². The molecule has 1 amide bonds. The fourth-order valence-electron chi connectivity index (χ4n) is 1.27.